The maximum atomic E-state index is 12.9. The number of aromatic nitrogens is 1. The predicted octanol–water partition coefficient (Wildman–Crippen LogP) is 4.50. The van der Waals surface area contributed by atoms with E-state index in [4.69, 9.17) is 26.1 Å². The lowest BCUT2D eigenvalue weighted by atomic mass is 9.97. The van der Waals surface area contributed by atoms with Crippen molar-refractivity contribution in [3.8, 4) is 11.5 Å². The minimum atomic E-state index is -0.573. The average molecular weight is 415 g/mol. The van der Waals surface area contributed by atoms with E-state index in [0.29, 0.717) is 35.5 Å². The molecule has 2 aliphatic heterocycles. The zero-order valence-electron chi connectivity index (χ0n) is 15.1. The number of thiazole rings is 1. The van der Waals surface area contributed by atoms with Crippen LogP contribution in [0.5, 0.6) is 11.5 Å². The van der Waals surface area contributed by atoms with E-state index in [1.807, 2.05) is 47.4 Å². The Kier molecular flexibility index (Phi) is 4.61. The molecule has 0 saturated carbocycles. The molecule has 1 fully saturated rings. The van der Waals surface area contributed by atoms with E-state index in [9.17, 15) is 4.79 Å². The molecule has 1 saturated heterocycles. The van der Waals surface area contributed by atoms with Gasteiger partial charge in [0.05, 0.1) is 15.2 Å². The second kappa shape index (κ2) is 7.26. The second-order valence-corrected chi connectivity index (χ2v) is 8.63. The largest absolute Gasteiger partial charge is 0.485 e. The summed E-state index contributed by atoms with van der Waals surface area (Å²) in [4.78, 5) is 19.5. The molecule has 5 rings (SSSR count). The van der Waals surface area contributed by atoms with Gasteiger partial charge < -0.3 is 14.4 Å². The van der Waals surface area contributed by atoms with Gasteiger partial charge in [0, 0.05) is 24.0 Å². The molecular formula is C21H19ClN2O3S. The number of likely N-dealkylation sites (tertiary alicyclic amines) is 1. The summed E-state index contributed by atoms with van der Waals surface area (Å²) in [6.07, 6.45) is 1.24. The molecule has 0 N–H and O–H groups in total. The highest BCUT2D eigenvalue weighted by Gasteiger charge is 2.33. The van der Waals surface area contributed by atoms with E-state index in [1.54, 1.807) is 11.3 Å². The van der Waals surface area contributed by atoms with Gasteiger partial charge in [-0.15, -0.1) is 11.3 Å². The summed E-state index contributed by atoms with van der Waals surface area (Å²) in [7, 11) is 0. The molecule has 0 bridgehead atoms. The van der Waals surface area contributed by atoms with Gasteiger partial charge in [-0.1, -0.05) is 23.7 Å². The topological polar surface area (TPSA) is 51.7 Å². The maximum Gasteiger partial charge on any atom is 0.267 e. The fourth-order valence-corrected chi connectivity index (χ4v) is 5.07. The Morgan fingerprint density at radius 3 is 2.75 bits per heavy atom. The molecule has 0 spiro atoms. The molecule has 3 aromatic rings. The van der Waals surface area contributed by atoms with Gasteiger partial charge in [0.2, 0.25) is 6.10 Å². The van der Waals surface area contributed by atoms with Crippen LogP contribution in [0.1, 0.15) is 23.8 Å². The van der Waals surface area contributed by atoms with E-state index in [1.165, 1.54) is 0 Å². The van der Waals surface area contributed by atoms with E-state index < -0.39 is 6.10 Å². The smallest absolute Gasteiger partial charge is 0.267 e. The lowest BCUT2D eigenvalue weighted by Crippen LogP contribution is -2.48. The summed E-state index contributed by atoms with van der Waals surface area (Å²) >= 11 is 7.80. The Balaban J connectivity index is 1.23. The lowest BCUT2D eigenvalue weighted by molar-refractivity contribution is -0.142. The summed E-state index contributed by atoms with van der Waals surface area (Å²) in [5.74, 6) is 1.71. The SMILES string of the molecule is O=C([C@H]1COc2ccccc2O1)N1CCC(c2nc3cc(Cl)ccc3s2)CC1. The van der Waals surface area contributed by atoms with Crippen molar-refractivity contribution in [3.05, 3.63) is 52.5 Å². The highest BCUT2D eigenvalue weighted by atomic mass is 35.5. The number of rotatable bonds is 2. The first-order valence-electron chi connectivity index (χ1n) is 9.40. The van der Waals surface area contributed by atoms with Crippen molar-refractivity contribution in [2.45, 2.75) is 24.9 Å². The number of para-hydroxylation sites is 2. The summed E-state index contributed by atoms with van der Waals surface area (Å²) < 4.78 is 12.7. The Hall–Kier alpha value is -2.31. The van der Waals surface area contributed by atoms with Crippen molar-refractivity contribution < 1.29 is 14.3 Å². The van der Waals surface area contributed by atoms with Crippen molar-refractivity contribution in [3.63, 3.8) is 0 Å². The quantitative estimate of drug-likeness (QED) is 0.619. The zero-order chi connectivity index (χ0) is 19.1. The van der Waals surface area contributed by atoms with Gasteiger partial charge in [0.25, 0.3) is 5.91 Å². The van der Waals surface area contributed by atoms with Crippen LogP contribution in [0.25, 0.3) is 10.2 Å². The number of amides is 1. The van der Waals surface area contributed by atoms with Crippen LogP contribution < -0.4 is 9.47 Å². The fourth-order valence-electron chi connectivity index (χ4n) is 3.78. The van der Waals surface area contributed by atoms with Crippen molar-refractivity contribution in [2.75, 3.05) is 19.7 Å². The monoisotopic (exact) mass is 414 g/mol. The lowest BCUT2D eigenvalue weighted by Gasteiger charge is -2.34. The molecule has 1 amide bonds. The molecule has 1 atom stereocenters. The third-order valence-corrected chi connectivity index (χ3v) is 6.74. The van der Waals surface area contributed by atoms with Crippen LogP contribution in [0.3, 0.4) is 0 Å². The third kappa shape index (κ3) is 3.31. The van der Waals surface area contributed by atoms with Crippen LogP contribution in [0.4, 0.5) is 0 Å². The van der Waals surface area contributed by atoms with Crippen LogP contribution in [-0.4, -0.2) is 41.6 Å². The van der Waals surface area contributed by atoms with Gasteiger partial charge in [-0.05, 0) is 43.2 Å². The maximum absolute atomic E-state index is 12.9. The molecule has 0 radical (unpaired) electrons. The summed E-state index contributed by atoms with van der Waals surface area (Å²) in [5.41, 5.74) is 0.956. The van der Waals surface area contributed by atoms with Gasteiger partial charge in [0.1, 0.15) is 6.61 Å². The van der Waals surface area contributed by atoms with Crippen molar-refractivity contribution in [1.29, 1.82) is 0 Å². The van der Waals surface area contributed by atoms with E-state index in [0.717, 1.165) is 28.1 Å². The molecule has 3 heterocycles. The van der Waals surface area contributed by atoms with Gasteiger partial charge in [-0.3, -0.25) is 4.79 Å². The van der Waals surface area contributed by atoms with E-state index in [2.05, 4.69) is 0 Å². The van der Waals surface area contributed by atoms with Crippen LogP contribution in [0.2, 0.25) is 5.02 Å². The Morgan fingerprint density at radius 1 is 1.14 bits per heavy atom. The Labute approximate surface area is 171 Å². The summed E-state index contributed by atoms with van der Waals surface area (Å²) in [5, 5.41) is 1.84. The van der Waals surface area contributed by atoms with Gasteiger partial charge in [0.15, 0.2) is 11.5 Å². The van der Waals surface area contributed by atoms with Crippen molar-refractivity contribution in [1.82, 2.24) is 9.88 Å². The fraction of sp³-hybridized carbons (Fsp3) is 0.333. The number of nitrogens with zero attached hydrogens (tertiary/aromatic N) is 2. The predicted molar refractivity (Wildman–Crippen MR) is 110 cm³/mol. The van der Waals surface area contributed by atoms with Gasteiger partial charge >= 0.3 is 0 Å². The molecule has 1 aromatic heterocycles. The molecule has 0 unspecified atom stereocenters. The van der Waals surface area contributed by atoms with Crippen molar-refractivity contribution >= 4 is 39.1 Å². The second-order valence-electron chi connectivity index (χ2n) is 7.13. The van der Waals surface area contributed by atoms with Gasteiger partial charge in [-0.25, -0.2) is 4.98 Å². The van der Waals surface area contributed by atoms with Crippen LogP contribution in [0.15, 0.2) is 42.5 Å². The number of hydrogen-bond acceptors (Lipinski definition) is 5. The number of ether oxygens (including phenoxy) is 2. The minimum absolute atomic E-state index is 0.00374. The number of benzene rings is 2. The highest BCUT2D eigenvalue weighted by Crippen LogP contribution is 2.36. The van der Waals surface area contributed by atoms with Gasteiger partial charge in [-0.2, -0.15) is 0 Å². The Morgan fingerprint density at radius 2 is 1.93 bits per heavy atom. The van der Waals surface area contributed by atoms with Crippen LogP contribution in [-0.2, 0) is 4.79 Å². The van der Waals surface area contributed by atoms with E-state index in [-0.39, 0.29) is 12.5 Å². The third-order valence-electron chi connectivity index (χ3n) is 5.31. The molecule has 2 aliphatic rings. The number of carbonyl (C=O) groups is 1. The van der Waals surface area contributed by atoms with E-state index >= 15 is 0 Å². The first kappa shape index (κ1) is 17.8. The molecule has 5 nitrogen and oxygen atoms in total. The first-order chi connectivity index (χ1) is 13.7. The Bertz CT molecular complexity index is 1030. The number of piperidine rings is 1. The molecule has 144 valence electrons. The normalized spacial score (nSPS) is 19.8. The average Bonchev–Trinajstić information content (AvgIpc) is 3.16. The molecule has 7 heteroatoms. The summed E-state index contributed by atoms with van der Waals surface area (Å²) in [6, 6.07) is 13.3. The highest BCUT2D eigenvalue weighted by molar-refractivity contribution is 7.18. The molecule has 2 aromatic carbocycles. The van der Waals surface area contributed by atoms with Crippen LogP contribution >= 0.6 is 22.9 Å². The van der Waals surface area contributed by atoms with Crippen molar-refractivity contribution in [2.24, 2.45) is 0 Å². The molecule has 28 heavy (non-hydrogen) atoms. The molecule has 0 aliphatic carbocycles. The number of halogens is 1. The number of carbonyl (C=O) groups excluding carboxylic acids is 1. The minimum Gasteiger partial charge on any atom is -0.485 e. The zero-order valence-corrected chi connectivity index (χ0v) is 16.7. The first-order valence-corrected chi connectivity index (χ1v) is 10.6. The summed E-state index contributed by atoms with van der Waals surface area (Å²) in [6.45, 7) is 1.68. The standard InChI is InChI=1S/C21H19ClN2O3S/c22-14-5-6-19-15(11-14)23-20(28-19)13-7-9-24(10-8-13)21(25)18-12-26-16-3-1-2-4-17(16)27-18/h1-6,11,13,18H,7-10,12H2/t18-/m1/s1. The number of hydrogen-bond donors (Lipinski definition) is 0. The number of fused-ring (bicyclic) bond motifs is 2. The molecular weight excluding hydrogens is 396 g/mol. The van der Waals surface area contributed by atoms with Crippen LogP contribution in [0, 0.1) is 0 Å².